The van der Waals surface area contributed by atoms with Gasteiger partial charge in [-0.15, -0.1) is 0 Å². The second kappa shape index (κ2) is 8.00. The van der Waals surface area contributed by atoms with E-state index >= 15 is 0 Å². The van der Waals surface area contributed by atoms with E-state index in [9.17, 15) is 9.59 Å². The molecule has 0 N–H and O–H groups in total. The van der Waals surface area contributed by atoms with E-state index in [-0.39, 0.29) is 17.7 Å². The highest BCUT2D eigenvalue weighted by Gasteiger charge is 2.32. The van der Waals surface area contributed by atoms with Crippen molar-refractivity contribution in [3.63, 3.8) is 0 Å². The minimum absolute atomic E-state index is 0.0976. The molecule has 0 bridgehead atoms. The van der Waals surface area contributed by atoms with Crippen LogP contribution in [-0.4, -0.2) is 66.3 Å². The molecule has 0 aliphatic carbocycles. The molecule has 1 aromatic rings. The summed E-state index contributed by atoms with van der Waals surface area (Å²) in [6.07, 6.45) is 2.17. The summed E-state index contributed by atoms with van der Waals surface area (Å²) >= 11 is 0. The van der Waals surface area contributed by atoms with E-state index in [1.807, 2.05) is 11.9 Å². The van der Waals surface area contributed by atoms with Crippen LogP contribution in [-0.2, 0) is 16.1 Å². The number of piperidine rings is 1. The van der Waals surface area contributed by atoms with Crippen molar-refractivity contribution in [2.75, 3.05) is 39.8 Å². The van der Waals surface area contributed by atoms with Crippen LogP contribution in [0.15, 0.2) is 24.3 Å². The number of hydrogen-bond acceptors (Lipinski definition) is 3. The second-order valence-electron chi connectivity index (χ2n) is 7.45. The van der Waals surface area contributed by atoms with Gasteiger partial charge in [0.1, 0.15) is 0 Å². The summed E-state index contributed by atoms with van der Waals surface area (Å²) in [5.41, 5.74) is 2.61. The van der Waals surface area contributed by atoms with Crippen LogP contribution in [0.25, 0.3) is 0 Å². The summed E-state index contributed by atoms with van der Waals surface area (Å²) in [4.78, 5) is 30.8. The van der Waals surface area contributed by atoms with Crippen LogP contribution in [0, 0.1) is 12.8 Å². The van der Waals surface area contributed by atoms with Crippen LogP contribution in [0.2, 0.25) is 0 Å². The van der Waals surface area contributed by atoms with Crippen molar-refractivity contribution in [2.24, 2.45) is 5.92 Å². The van der Waals surface area contributed by atoms with Crippen molar-refractivity contribution in [2.45, 2.75) is 32.7 Å². The van der Waals surface area contributed by atoms with Gasteiger partial charge in [0.05, 0.1) is 0 Å². The summed E-state index contributed by atoms with van der Waals surface area (Å²) < 4.78 is 0. The third-order valence-corrected chi connectivity index (χ3v) is 5.44. The van der Waals surface area contributed by atoms with Crippen LogP contribution < -0.4 is 0 Å². The Morgan fingerprint density at radius 2 is 1.84 bits per heavy atom. The van der Waals surface area contributed by atoms with Gasteiger partial charge in [-0.1, -0.05) is 29.8 Å². The van der Waals surface area contributed by atoms with Crippen molar-refractivity contribution < 1.29 is 9.59 Å². The fourth-order valence-electron chi connectivity index (χ4n) is 3.71. The predicted octanol–water partition coefficient (Wildman–Crippen LogP) is 1.90. The smallest absolute Gasteiger partial charge is 0.226 e. The van der Waals surface area contributed by atoms with Gasteiger partial charge in [0.25, 0.3) is 0 Å². The highest BCUT2D eigenvalue weighted by atomic mass is 16.2. The van der Waals surface area contributed by atoms with Gasteiger partial charge in [-0.05, 0) is 25.3 Å². The molecular formula is C20H29N3O2. The highest BCUT2D eigenvalue weighted by molar-refractivity contribution is 5.86. The van der Waals surface area contributed by atoms with Crippen LogP contribution in [0.4, 0.5) is 0 Å². The zero-order chi connectivity index (χ0) is 17.8. The number of carbonyl (C=O) groups is 2. The molecule has 0 saturated carbocycles. The maximum Gasteiger partial charge on any atom is 0.226 e. The van der Waals surface area contributed by atoms with E-state index in [0.29, 0.717) is 13.0 Å². The Bertz CT molecular complexity index is 614. The van der Waals surface area contributed by atoms with Gasteiger partial charge in [0.15, 0.2) is 0 Å². The molecule has 136 valence electrons. The van der Waals surface area contributed by atoms with E-state index in [0.717, 1.165) is 45.6 Å². The lowest BCUT2D eigenvalue weighted by Gasteiger charge is -2.31. The average molecular weight is 343 g/mol. The van der Waals surface area contributed by atoms with Crippen molar-refractivity contribution in [1.82, 2.24) is 14.7 Å². The van der Waals surface area contributed by atoms with Crippen molar-refractivity contribution in [1.29, 1.82) is 0 Å². The fraction of sp³-hybridized carbons (Fsp3) is 0.600. The summed E-state index contributed by atoms with van der Waals surface area (Å²) in [5.74, 6) is 0.159. The Kier molecular flexibility index (Phi) is 5.74. The number of hydrogen-bond donors (Lipinski definition) is 0. The van der Waals surface area contributed by atoms with Gasteiger partial charge < -0.3 is 9.80 Å². The molecule has 0 aromatic heterocycles. The highest BCUT2D eigenvalue weighted by Crippen LogP contribution is 2.21. The summed E-state index contributed by atoms with van der Waals surface area (Å²) in [7, 11) is 1.82. The van der Waals surface area contributed by atoms with E-state index in [4.69, 9.17) is 0 Å². The van der Waals surface area contributed by atoms with Crippen LogP contribution in [0.5, 0.6) is 0 Å². The van der Waals surface area contributed by atoms with Crippen LogP contribution >= 0.6 is 0 Å². The Balaban J connectivity index is 1.53. The molecule has 5 heteroatoms. The molecule has 2 fully saturated rings. The van der Waals surface area contributed by atoms with Crippen molar-refractivity contribution in [3.8, 4) is 0 Å². The first-order valence-corrected chi connectivity index (χ1v) is 9.33. The van der Waals surface area contributed by atoms with Crippen LogP contribution in [0.1, 0.15) is 30.4 Å². The third-order valence-electron chi connectivity index (χ3n) is 5.44. The Labute approximate surface area is 150 Å². The molecule has 3 rings (SSSR count). The van der Waals surface area contributed by atoms with E-state index in [2.05, 4.69) is 36.1 Å². The Morgan fingerprint density at radius 3 is 2.56 bits per heavy atom. The summed E-state index contributed by atoms with van der Waals surface area (Å²) in [6.45, 7) is 7.24. The summed E-state index contributed by atoms with van der Waals surface area (Å²) in [6, 6.07) is 8.68. The number of likely N-dealkylation sites (tertiary alicyclic amines) is 1. The van der Waals surface area contributed by atoms with E-state index in [1.165, 1.54) is 11.1 Å². The quantitative estimate of drug-likeness (QED) is 0.842. The first-order valence-electron chi connectivity index (χ1n) is 9.33. The van der Waals surface area contributed by atoms with Crippen molar-refractivity contribution in [3.05, 3.63) is 35.4 Å². The van der Waals surface area contributed by atoms with Gasteiger partial charge in [0, 0.05) is 58.7 Å². The molecule has 2 aliphatic heterocycles. The molecular weight excluding hydrogens is 314 g/mol. The minimum atomic E-state index is -0.118. The molecule has 0 spiro atoms. The maximum absolute atomic E-state index is 12.8. The number of benzene rings is 1. The van der Waals surface area contributed by atoms with Crippen molar-refractivity contribution >= 4 is 11.8 Å². The fourth-order valence-corrected chi connectivity index (χ4v) is 3.71. The minimum Gasteiger partial charge on any atom is -0.346 e. The molecule has 25 heavy (non-hydrogen) atoms. The number of aryl methyl sites for hydroxylation is 1. The van der Waals surface area contributed by atoms with Gasteiger partial charge in [-0.25, -0.2) is 0 Å². The van der Waals surface area contributed by atoms with Gasteiger partial charge in [0.2, 0.25) is 11.8 Å². The predicted molar refractivity (Wildman–Crippen MR) is 98.0 cm³/mol. The Hall–Kier alpha value is -1.88. The SMILES string of the molecule is Cc1ccc(CN2CCCN(C(=O)[C@H]3CCN(C)C(=O)C3)CC2)cc1. The largest absolute Gasteiger partial charge is 0.346 e. The molecule has 5 nitrogen and oxygen atoms in total. The first-order chi connectivity index (χ1) is 12.0. The topological polar surface area (TPSA) is 43.9 Å². The lowest BCUT2D eigenvalue weighted by Crippen LogP contribution is -2.44. The monoisotopic (exact) mass is 343 g/mol. The standard InChI is InChI=1S/C20H29N3O2/c1-16-4-6-17(7-5-16)15-22-9-3-10-23(13-12-22)20(25)18-8-11-21(2)19(24)14-18/h4-7,18H,3,8-15H2,1-2H3/t18-/m0/s1. The van der Waals surface area contributed by atoms with E-state index in [1.54, 1.807) is 4.90 Å². The molecule has 0 radical (unpaired) electrons. The normalized spacial score (nSPS) is 22.8. The molecule has 2 aliphatic rings. The van der Waals surface area contributed by atoms with Gasteiger partial charge in [-0.2, -0.15) is 0 Å². The zero-order valence-electron chi connectivity index (χ0n) is 15.4. The third kappa shape index (κ3) is 4.60. The maximum atomic E-state index is 12.8. The Morgan fingerprint density at radius 1 is 1.08 bits per heavy atom. The second-order valence-corrected chi connectivity index (χ2v) is 7.45. The summed E-state index contributed by atoms with van der Waals surface area (Å²) in [5, 5.41) is 0. The number of amides is 2. The number of nitrogens with zero attached hydrogens (tertiary/aromatic N) is 3. The number of rotatable bonds is 3. The molecule has 0 unspecified atom stereocenters. The molecule has 1 atom stereocenters. The lowest BCUT2D eigenvalue weighted by molar-refractivity contribution is -0.144. The van der Waals surface area contributed by atoms with Gasteiger partial charge in [-0.3, -0.25) is 14.5 Å². The van der Waals surface area contributed by atoms with Gasteiger partial charge >= 0.3 is 0 Å². The lowest BCUT2D eigenvalue weighted by atomic mass is 9.95. The molecule has 1 aromatic carbocycles. The van der Waals surface area contributed by atoms with E-state index < -0.39 is 0 Å². The molecule has 2 saturated heterocycles. The first kappa shape index (κ1) is 17.9. The van der Waals surface area contributed by atoms with Crippen LogP contribution in [0.3, 0.4) is 0 Å². The number of carbonyl (C=O) groups excluding carboxylic acids is 2. The molecule has 2 amide bonds. The molecule has 2 heterocycles. The zero-order valence-corrected chi connectivity index (χ0v) is 15.4. The average Bonchev–Trinajstić information content (AvgIpc) is 2.84.